The zero-order valence-corrected chi connectivity index (χ0v) is 11.0. The standard InChI is InChI=1S/C14H12FN3S/c15-10-3-4-13-12(8-10)14(18-9-17-13)16-6-5-11-2-1-7-19-11/h1-4,7-9H,5-6H2,(H,16,17,18). The third-order valence-corrected chi connectivity index (χ3v) is 3.78. The number of thiophene rings is 1. The van der Waals surface area contributed by atoms with Gasteiger partial charge in [0.2, 0.25) is 0 Å². The highest BCUT2D eigenvalue weighted by Gasteiger charge is 2.04. The molecule has 0 radical (unpaired) electrons. The van der Waals surface area contributed by atoms with Crippen LogP contribution in [-0.4, -0.2) is 16.5 Å². The summed E-state index contributed by atoms with van der Waals surface area (Å²) in [6, 6.07) is 8.67. The number of aromatic nitrogens is 2. The topological polar surface area (TPSA) is 37.8 Å². The lowest BCUT2D eigenvalue weighted by Gasteiger charge is -2.07. The minimum atomic E-state index is -0.274. The molecular weight excluding hydrogens is 261 g/mol. The predicted molar refractivity (Wildman–Crippen MR) is 76.0 cm³/mol. The Morgan fingerprint density at radius 3 is 3.00 bits per heavy atom. The van der Waals surface area contributed by atoms with Crippen LogP contribution in [0.5, 0.6) is 0 Å². The van der Waals surface area contributed by atoms with Gasteiger partial charge in [0.05, 0.1) is 5.52 Å². The molecule has 1 N–H and O–H groups in total. The van der Waals surface area contributed by atoms with E-state index in [1.165, 1.54) is 23.3 Å². The largest absolute Gasteiger partial charge is 0.369 e. The average molecular weight is 273 g/mol. The Bertz CT molecular complexity index is 682. The summed E-state index contributed by atoms with van der Waals surface area (Å²) in [7, 11) is 0. The molecule has 3 aromatic rings. The van der Waals surface area contributed by atoms with Gasteiger partial charge in [-0.05, 0) is 36.1 Å². The number of nitrogens with zero attached hydrogens (tertiary/aromatic N) is 2. The maximum absolute atomic E-state index is 13.3. The molecule has 1 aromatic carbocycles. The van der Waals surface area contributed by atoms with E-state index in [2.05, 4.69) is 26.7 Å². The van der Waals surface area contributed by atoms with Crippen molar-refractivity contribution in [3.63, 3.8) is 0 Å². The summed E-state index contributed by atoms with van der Waals surface area (Å²) in [5, 5.41) is 6.02. The quantitative estimate of drug-likeness (QED) is 0.790. The Kier molecular flexibility index (Phi) is 3.37. The number of hydrogen-bond acceptors (Lipinski definition) is 4. The number of anilines is 1. The zero-order chi connectivity index (χ0) is 13.1. The number of benzene rings is 1. The van der Waals surface area contributed by atoms with E-state index in [0.29, 0.717) is 11.2 Å². The van der Waals surface area contributed by atoms with Gasteiger partial charge in [-0.15, -0.1) is 11.3 Å². The highest BCUT2D eigenvalue weighted by Crippen LogP contribution is 2.20. The summed E-state index contributed by atoms with van der Waals surface area (Å²) in [6.45, 7) is 0.767. The van der Waals surface area contributed by atoms with Crippen molar-refractivity contribution in [1.29, 1.82) is 0 Å². The molecule has 0 fully saturated rings. The van der Waals surface area contributed by atoms with Gasteiger partial charge < -0.3 is 5.32 Å². The smallest absolute Gasteiger partial charge is 0.137 e. The van der Waals surface area contributed by atoms with Crippen LogP contribution in [0.3, 0.4) is 0 Å². The van der Waals surface area contributed by atoms with Crippen molar-refractivity contribution >= 4 is 28.1 Å². The molecule has 0 aliphatic carbocycles. The van der Waals surface area contributed by atoms with Crippen molar-refractivity contribution in [3.8, 4) is 0 Å². The predicted octanol–water partition coefficient (Wildman–Crippen LogP) is 3.49. The molecular formula is C14H12FN3S. The lowest BCUT2D eigenvalue weighted by molar-refractivity contribution is 0.629. The molecule has 0 amide bonds. The van der Waals surface area contributed by atoms with Crippen LogP contribution < -0.4 is 5.32 Å². The number of rotatable bonds is 4. The lowest BCUT2D eigenvalue weighted by Crippen LogP contribution is -2.06. The molecule has 0 unspecified atom stereocenters. The monoisotopic (exact) mass is 273 g/mol. The van der Waals surface area contributed by atoms with Gasteiger partial charge in [-0.3, -0.25) is 0 Å². The molecule has 0 aliphatic heterocycles. The van der Waals surface area contributed by atoms with E-state index in [4.69, 9.17) is 0 Å². The fraction of sp³-hybridized carbons (Fsp3) is 0.143. The van der Waals surface area contributed by atoms with Crippen LogP contribution in [0.15, 0.2) is 42.0 Å². The zero-order valence-electron chi connectivity index (χ0n) is 10.1. The molecule has 3 nitrogen and oxygen atoms in total. The molecule has 0 saturated heterocycles. The summed E-state index contributed by atoms with van der Waals surface area (Å²) in [5.41, 5.74) is 0.745. The van der Waals surface area contributed by atoms with E-state index in [1.807, 2.05) is 6.07 Å². The summed E-state index contributed by atoms with van der Waals surface area (Å²) >= 11 is 1.73. The fourth-order valence-electron chi connectivity index (χ4n) is 1.93. The maximum Gasteiger partial charge on any atom is 0.137 e. The normalized spacial score (nSPS) is 10.8. The van der Waals surface area contributed by atoms with Gasteiger partial charge in [-0.25, -0.2) is 14.4 Å². The third kappa shape index (κ3) is 2.71. The Morgan fingerprint density at radius 2 is 2.16 bits per heavy atom. The number of nitrogens with one attached hydrogen (secondary N) is 1. The van der Waals surface area contributed by atoms with Gasteiger partial charge in [0, 0.05) is 16.8 Å². The highest BCUT2D eigenvalue weighted by molar-refractivity contribution is 7.09. The molecule has 2 aromatic heterocycles. The highest BCUT2D eigenvalue weighted by atomic mass is 32.1. The van der Waals surface area contributed by atoms with Crippen LogP contribution in [0.2, 0.25) is 0 Å². The van der Waals surface area contributed by atoms with E-state index in [0.717, 1.165) is 18.5 Å². The minimum Gasteiger partial charge on any atom is -0.369 e. The van der Waals surface area contributed by atoms with Gasteiger partial charge in [-0.2, -0.15) is 0 Å². The lowest BCUT2D eigenvalue weighted by atomic mass is 10.2. The molecule has 0 saturated carbocycles. The molecule has 2 heterocycles. The van der Waals surface area contributed by atoms with Crippen molar-refractivity contribution in [3.05, 3.63) is 52.7 Å². The van der Waals surface area contributed by atoms with Crippen molar-refractivity contribution < 1.29 is 4.39 Å². The van der Waals surface area contributed by atoms with Gasteiger partial charge in [-0.1, -0.05) is 6.07 Å². The molecule has 96 valence electrons. The van der Waals surface area contributed by atoms with Gasteiger partial charge in [0.1, 0.15) is 18.0 Å². The average Bonchev–Trinajstić information content (AvgIpc) is 2.92. The van der Waals surface area contributed by atoms with E-state index >= 15 is 0 Å². The summed E-state index contributed by atoms with van der Waals surface area (Å²) in [5.74, 6) is 0.407. The minimum absolute atomic E-state index is 0.274. The second-order valence-electron chi connectivity index (χ2n) is 4.14. The van der Waals surface area contributed by atoms with Gasteiger partial charge in [0.25, 0.3) is 0 Å². The third-order valence-electron chi connectivity index (χ3n) is 2.84. The molecule has 0 bridgehead atoms. The molecule has 0 spiro atoms. The molecule has 19 heavy (non-hydrogen) atoms. The molecule has 0 atom stereocenters. The van der Waals surface area contributed by atoms with Crippen LogP contribution in [-0.2, 0) is 6.42 Å². The number of fused-ring (bicyclic) bond motifs is 1. The van der Waals surface area contributed by atoms with E-state index in [9.17, 15) is 4.39 Å². The van der Waals surface area contributed by atoms with Gasteiger partial charge >= 0.3 is 0 Å². The van der Waals surface area contributed by atoms with Crippen molar-refractivity contribution in [2.45, 2.75) is 6.42 Å². The van der Waals surface area contributed by atoms with E-state index < -0.39 is 0 Å². The number of hydrogen-bond donors (Lipinski definition) is 1. The van der Waals surface area contributed by atoms with E-state index in [1.54, 1.807) is 17.4 Å². The second kappa shape index (κ2) is 5.32. The van der Waals surface area contributed by atoms with Crippen LogP contribution in [0.25, 0.3) is 10.9 Å². The Hall–Kier alpha value is -2.01. The Labute approximate surface area is 114 Å². The first-order valence-electron chi connectivity index (χ1n) is 5.99. The maximum atomic E-state index is 13.3. The molecule has 5 heteroatoms. The van der Waals surface area contributed by atoms with Crippen LogP contribution in [0, 0.1) is 5.82 Å². The molecule has 3 rings (SSSR count). The van der Waals surface area contributed by atoms with Crippen molar-refractivity contribution in [2.75, 3.05) is 11.9 Å². The molecule has 0 aliphatic rings. The van der Waals surface area contributed by atoms with Crippen LogP contribution in [0.4, 0.5) is 10.2 Å². The first kappa shape index (κ1) is 12.0. The van der Waals surface area contributed by atoms with Gasteiger partial charge in [0.15, 0.2) is 0 Å². The van der Waals surface area contributed by atoms with Crippen LogP contribution >= 0.6 is 11.3 Å². The summed E-state index contributed by atoms with van der Waals surface area (Å²) in [4.78, 5) is 9.62. The Balaban J connectivity index is 1.78. The first-order chi connectivity index (χ1) is 9.33. The first-order valence-corrected chi connectivity index (χ1v) is 6.87. The Morgan fingerprint density at radius 1 is 1.21 bits per heavy atom. The SMILES string of the molecule is Fc1ccc2ncnc(NCCc3cccs3)c2c1. The van der Waals surface area contributed by atoms with Crippen LogP contribution in [0.1, 0.15) is 4.88 Å². The van der Waals surface area contributed by atoms with E-state index in [-0.39, 0.29) is 5.82 Å². The fourth-order valence-corrected chi connectivity index (χ4v) is 2.64. The van der Waals surface area contributed by atoms with Crippen molar-refractivity contribution in [1.82, 2.24) is 9.97 Å². The second-order valence-corrected chi connectivity index (χ2v) is 5.17. The summed E-state index contributed by atoms with van der Waals surface area (Å²) < 4.78 is 13.3. The summed E-state index contributed by atoms with van der Waals surface area (Å²) in [6.07, 6.45) is 2.42. The van der Waals surface area contributed by atoms with Crippen molar-refractivity contribution in [2.24, 2.45) is 0 Å². The number of halogens is 1.